The van der Waals surface area contributed by atoms with Crippen molar-refractivity contribution in [2.45, 2.75) is 65.2 Å². The van der Waals surface area contributed by atoms with Crippen LogP contribution in [0.2, 0.25) is 0 Å². The van der Waals surface area contributed by atoms with Gasteiger partial charge in [-0.1, -0.05) is 44.2 Å². The van der Waals surface area contributed by atoms with Gasteiger partial charge in [0.25, 0.3) is 0 Å². The van der Waals surface area contributed by atoms with E-state index in [1.165, 1.54) is 0 Å². The van der Waals surface area contributed by atoms with Gasteiger partial charge in [0.1, 0.15) is 5.60 Å². The first kappa shape index (κ1) is 28.1. The van der Waals surface area contributed by atoms with Crippen LogP contribution in [0.15, 0.2) is 30.3 Å². The number of benzene rings is 1. The molecule has 3 N–H and O–H groups in total. The number of aliphatic hydroxyl groups excluding tert-OH is 1. The minimum absolute atomic E-state index is 0.0388. The van der Waals surface area contributed by atoms with E-state index in [9.17, 15) is 14.7 Å². The van der Waals surface area contributed by atoms with Crippen molar-refractivity contribution in [3.63, 3.8) is 0 Å². The Labute approximate surface area is 204 Å². The number of hydrogen-bond donors (Lipinski definition) is 3. The van der Waals surface area contributed by atoms with E-state index in [1.807, 2.05) is 44.2 Å². The predicted octanol–water partition coefficient (Wildman–Crippen LogP) is 2.59. The van der Waals surface area contributed by atoms with Gasteiger partial charge in [-0.05, 0) is 45.1 Å². The molecule has 1 fully saturated rings. The highest BCUT2D eigenvalue weighted by molar-refractivity contribution is 5.79. The molecule has 1 saturated heterocycles. The lowest BCUT2D eigenvalue weighted by atomic mass is 9.86. The van der Waals surface area contributed by atoms with E-state index in [4.69, 9.17) is 9.47 Å². The molecule has 3 atom stereocenters. The van der Waals surface area contributed by atoms with Crippen molar-refractivity contribution < 1.29 is 24.2 Å². The van der Waals surface area contributed by atoms with Crippen molar-refractivity contribution in [2.24, 2.45) is 11.8 Å². The number of nitrogens with one attached hydrogen (secondary N) is 2. The molecule has 0 aliphatic carbocycles. The van der Waals surface area contributed by atoms with Gasteiger partial charge in [-0.2, -0.15) is 0 Å². The highest BCUT2D eigenvalue weighted by atomic mass is 16.6. The predicted molar refractivity (Wildman–Crippen MR) is 133 cm³/mol. The number of alkyl carbamates (subject to hydrolysis) is 1. The van der Waals surface area contributed by atoms with Crippen molar-refractivity contribution in [3.8, 4) is 0 Å². The minimum Gasteiger partial charge on any atom is -0.444 e. The lowest BCUT2D eigenvalue weighted by molar-refractivity contribution is -0.127. The number of aliphatic hydroxyl groups is 1. The van der Waals surface area contributed by atoms with E-state index in [0.29, 0.717) is 13.0 Å². The fraction of sp³-hybridized carbons (Fsp3) is 0.692. The van der Waals surface area contributed by atoms with Gasteiger partial charge >= 0.3 is 6.09 Å². The fourth-order valence-corrected chi connectivity index (χ4v) is 4.01. The number of hydrogen-bond acceptors (Lipinski definition) is 6. The molecule has 8 nitrogen and oxygen atoms in total. The Morgan fingerprint density at radius 1 is 1.15 bits per heavy atom. The van der Waals surface area contributed by atoms with Gasteiger partial charge in [-0.3, -0.25) is 9.69 Å². The summed E-state index contributed by atoms with van der Waals surface area (Å²) >= 11 is 0. The molecule has 1 aromatic carbocycles. The second kappa shape index (κ2) is 13.7. The van der Waals surface area contributed by atoms with Crippen molar-refractivity contribution in [1.29, 1.82) is 0 Å². The molecule has 2 amide bonds. The highest BCUT2D eigenvalue weighted by Crippen LogP contribution is 2.21. The number of amides is 2. The number of ether oxygens (including phenoxy) is 2. The maximum Gasteiger partial charge on any atom is 0.407 e. The summed E-state index contributed by atoms with van der Waals surface area (Å²) in [7, 11) is 0. The first-order chi connectivity index (χ1) is 16.0. The van der Waals surface area contributed by atoms with Crippen molar-refractivity contribution in [1.82, 2.24) is 15.5 Å². The second-order valence-corrected chi connectivity index (χ2v) is 10.3. The third-order valence-electron chi connectivity index (χ3n) is 5.93. The van der Waals surface area contributed by atoms with Crippen LogP contribution in [0.5, 0.6) is 0 Å². The summed E-state index contributed by atoms with van der Waals surface area (Å²) in [6, 6.07) is 9.09. The molecule has 192 valence electrons. The summed E-state index contributed by atoms with van der Waals surface area (Å²) in [5.74, 6) is -0.409. The van der Waals surface area contributed by atoms with Gasteiger partial charge in [-0.15, -0.1) is 0 Å². The lowest BCUT2D eigenvalue weighted by Crippen LogP contribution is -2.49. The van der Waals surface area contributed by atoms with Gasteiger partial charge in [0.15, 0.2) is 0 Å². The number of carbonyl (C=O) groups is 2. The van der Waals surface area contributed by atoms with Gasteiger partial charge in [0.2, 0.25) is 5.91 Å². The molecule has 0 saturated carbocycles. The Hall–Kier alpha value is -2.16. The third kappa shape index (κ3) is 10.4. The van der Waals surface area contributed by atoms with Gasteiger partial charge < -0.3 is 25.2 Å². The van der Waals surface area contributed by atoms with Crippen molar-refractivity contribution in [2.75, 3.05) is 39.4 Å². The Kier molecular flexibility index (Phi) is 11.3. The van der Waals surface area contributed by atoms with Crippen molar-refractivity contribution in [3.05, 3.63) is 35.9 Å². The zero-order valence-electron chi connectivity index (χ0n) is 21.4. The average Bonchev–Trinajstić information content (AvgIpc) is 2.76. The molecule has 0 unspecified atom stereocenters. The molecule has 2 rings (SSSR count). The van der Waals surface area contributed by atoms with E-state index in [-0.39, 0.29) is 24.2 Å². The second-order valence-electron chi connectivity index (χ2n) is 10.3. The maximum atomic E-state index is 13.0. The molecule has 34 heavy (non-hydrogen) atoms. The number of nitrogens with zero attached hydrogens (tertiary/aromatic N) is 1. The minimum atomic E-state index is -0.912. The van der Waals surface area contributed by atoms with Crippen LogP contribution < -0.4 is 10.6 Å². The molecule has 0 radical (unpaired) electrons. The van der Waals surface area contributed by atoms with Gasteiger partial charge in [0, 0.05) is 32.1 Å². The maximum absolute atomic E-state index is 13.0. The zero-order chi connectivity index (χ0) is 25.1. The highest BCUT2D eigenvalue weighted by Gasteiger charge is 2.31. The van der Waals surface area contributed by atoms with Gasteiger partial charge in [0.05, 0.1) is 25.4 Å². The normalized spacial score (nSPS) is 17.6. The van der Waals surface area contributed by atoms with Crippen LogP contribution in [0.3, 0.4) is 0 Å². The van der Waals surface area contributed by atoms with Gasteiger partial charge in [-0.25, -0.2) is 4.79 Å². The van der Waals surface area contributed by atoms with Crippen LogP contribution in [0, 0.1) is 11.8 Å². The van der Waals surface area contributed by atoms with E-state index in [2.05, 4.69) is 15.5 Å². The monoisotopic (exact) mass is 477 g/mol. The Morgan fingerprint density at radius 3 is 2.38 bits per heavy atom. The Balaban J connectivity index is 2.00. The molecule has 8 heteroatoms. The van der Waals surface area contributed by atoms with E-state index >= 15 is 0 Å². The topological polar surface area (TPSA) is 100 Å². The number of morpholine rings is 1. The van der Waals surface area contributed by atoms with E-state index in [0.717, 1.165) is 38.4 Å². The molecular formula is C26H43N3O5. The largest absolute Gasteiger partial charge is 0.444 e. The van der Waals surface area contributed by atoms with E-state index < -0.39 is 23.8 Å². The number of rotatable bonds is 11. The fourth-order valence-electron chi connectivity index (χ4n) is 4.01. The molecule has 0 spiro atoms. The van der Waals surface area contributed by atoms with Crippen molar-refractivity contribution >= 4 is 12.0 Å². The standard InChI is InChI=1S/C26H43N3O5/c1-19(2)21(24(31)27-11-12-29-13-15-33-16-14-29)18-23(30)22(17-20-9-7-6-8-10-20)28-25(32)34-26(3,4)5/h6-10,19,21-23,30H,11-18H2,1-5H3,(H,27,31)(H,28,32)/t21-,22-,23-/m0/s1. The van der Waals surface area contributed by atoms with Crippen LogP contribution in [-0.2, 0) is 20.7 Å². The summed E-state index contributed by atoms with van der Waals surface area (Å²) in [6.45, 7) is 13.9. The van der Waals surface area contributed by atoms with E-state index in [1.54, 1.807) is 20.8 Å². The van der Waals surface area contributed by atoms with Crippen LogP contribution >= 0.6 is 0 Å². The first-order valence-electron chi connectivity index (χ1n) is 12.3. The molecule has 0 bridgehead atoms. The summed E-state index contributed by atoms with van der Waals surface area (Å²) in [6.07, 6.45) is -0.812. The Morgan fingerprint density at radius 2 is 1.79 bits per heavy atom. The average molecular weight is 478 g/mol. The number of carbonyl (C=O) groups excluding carboxylic acids is 2. The van der Waals surface area contributed by atoms with Crippen LogP contribution in [0.25, 0.3) is 0 Å². The quantitative estimate of drug-likeness (QED) is 0.453. The molecule has 1 aromatic rings. The van der Waals surface area contributed by atoms with Crippen LogP contribution in [-0.4, -0.2) is 79.1 Å². The molecule has 1 aliphatic heterocycles. The summed E-state index contributed by atoms with van der Waals surface area (Å²) in [5.41, 5.74) is 0.339. The molecule has 1 heterocycles. The first-order valence-corrected chi connectivity index (χ1v) is 12.3. The summed E-state index contributed by atoms with van der Waals surface area (Å²) in [5, 5.41) is 17.0. The lowest BCUT2D eigenvalue weighted by Gasteiger charge is -2.30. The smallest absolute Gasteiger partial charge is 0.407 e. The summed E-state index contributed by atoms with van der Waals surface area (Å²) < 4.78 is 10.8. The summed E-state index contributed by atoms with van der Waals surface area (Å²) in [4.78, 5) is 27.7. The molecule has 0 aromatic heterocycles. The SMILES string of the molecule is CC(C)[C@H](C[C@H](O)[C@H](Cc1ccccc1)NC(=O)OC(C)(C)C)C(=O)NCCN1CCOCC1. The molecular weight excluding hydrogens is 434 g/mol. The third-order valence-corrected chi connectivity index (χ3v) is 5.93. The Bertz CT molecular complexity index is 745. The zero-order valence-corrected chi connectivity index (χ0v) is 21.4. The van der Waals surface area contributed by atoms with Crippen LogP contribution in [0.1, 0.15) is 46.6 Å². The molecule has 1 aliphatic rings. The van der Waals surface area contributed by atoms with Crippen LogP contribution in [0.4, 0.5) is 4.79 Å².